The number of hydrogen-bond acceptors (Lipinski definition) is 4. The number of nitrogens with zero attached hydrogens (tertiary/aromatic N) is 3. The number of aliphatic hydroxyl groups excluding tert-OH is 1. The molecule has 0 saturated heterocycles. The van der Waals surface area contributed by atoms with Crippen LogP contribution in [0.15, 0.2) is 30.6 Å². The first kappa shape index (κ1) is 16.9. The molecule has 0 saturated carbocycles. The third kappa shape index (κ3) is 3.59. The average molecular weight is 325 g/mol. The Labute approximate surface area is 144 Å². The van der Waals surface area contributed by atoms with Crippen LogP contribution in [0.1, 0.15) is 54.1 Å². The van der Waals surface area contributed by atoms with Crippen LogP contribution in [-0.4, -0.2) is 28.2 Å². The minimum atomic E-state index is 0.244. The van der Waals surface area contributed by atoms with Gasteiger partial charge in [-0.05, 0) is 68.7 Å². The summed E-state index contributed by atoms with van der Waals surface area (Å²) in [6.07, 6.45) is 9.04. The second-order valence-electron chi connectivity index (χ2n) is 6.73. The fourth-order valence-electron chi connectivity index (χ4n) is 3.70. The summed E-state index contributed by atoms with van der Waals surface area (Å²) in [7, 11) is 0. The molecule has 0 amide bonds. The van der Waals surface area contributed by atoms with E-state index in [0.29, 0.717) is 0 Å². The normalized spacial score (nSPS) is 16.7. The van der Waals surface area contributed by atoms with Crippen LogP contribution < -0.4 is 4.90 Å². The SMILES string of the molecule is Cc1cnc(N(CCCCO)C2CCCc3cccnc32)c(C)c1. The Bertz CT molecular complexity index is 686. The van der Waals surface area contributed by atoms with E-state index in [1.54, 1.807) is 0 Å². The molecule has 1 N–H and O–H groups in total. The van der Waals surface area contributed by atoms with E-state index < -0.39 is 0 Å². The van der Waals surface area contributed by atoms with Gasteiger partial charge in [-0.25, -0.2) is 4.98 Å². The molecule has 0 aliphatic heterocycles. The van der Waals surface area contributed by atoms with Crippen LogP contribution in [0.5, 0.6) is 0 Å². The highest BCUT2D eigenvalue weighted by atomic mass is 16.2. The number of fused-ring (bicyclic) bond motifs is 1. The topological polar surface area (TPSA) is 49.2 Å². The summed E-state index contributed by atoms with van der Waals surface area (Å²) < 4.78 is 0. The summed E-state index contributed by atoms with van der Waals surface area (Å²) in [6.45, 7) is 5.36. The van der Waals surface area contributed by atoms with Crippen molar-refractivity contribution >= 4 is 5.82 Å². The highest BCUT2D eigenvalue weighted by Crippen LogP contribution is 2.36. The molecular weight excluding hydrogens is 298 g/mol. The minimum Gasteiger partial charge on any atom is -0.396 e. The predicted octanol–water partition coefficient (Wildman–Crippen LogP) is 3.75. The summed E-state index contributed by atoms with van der Waals surface area (Å²) >= 11 is 0. The molecule has 2 heterocycles. The van der Waals surface area contributed by atoms with E-state index in [2.05, 4.69) is 30.9 Å². The smallest absolute Gasteiger partial charge is 0.132 e. The zero-order valence-electron chi connectivity index (χ0n) is 14.7. The number of unbranched alkanes of at least 4 members (excludes halogenated alkanes) is 1. The summed E-state index contributed by atoms with van der Waals surface area (Å²) in [4.78, 5) is 11.9. The van der Waals surface area contributed by atoms with E-state index in [1.165, 1.54) is 28.8 Å². The lowest BCUT2D eigenvalue weighted by atomic mass is 9.90. The summed E-state index contributed by atoms with van der Waals surface area (Å²) in [5.74, 6) is 1.06. The zero-order chi connectivity index (χ0) is 16.9. The number of aromatic nitrogens is 2. The summed E-state index contributed by atoms with van der Waals surface area (Å²) in [6, 6.07) is 6.72. The maximum atomic E-state index is 9.16. The molecule has 1 aliphatic carbocycles. The van der Waals surface area contributed by atoms with E-state index in [0.717, 1.165) is 38.0 Å². The van der Waals surface area contributed by atoms with Gasteiger partial charge in [-0.2, -0.15) is 0 Å². The van der Waals surface area contributed by atoms with E-state index in [-0.39, 0.29) is 12.6 Å². The van der Waals surface area contributed by atoms with Crippen molar-refractivity contribution in [3.05, 3.63) is 53.0 Å². The Hall–Kier alpha value is -1.94. The maximum Gasteiger partial charge on any atom is 0.132 e. The quantitative estimate of drug-likeness (QED) is 0.822. The van der Waals surface area contributed by atoms with Crippen molar-refractivity contribution in [2.45, 2.75) is 52.0 Å². The Morgan fingerprint density at radius 3 is 2.92 bits per heavy atom. The molecule has 3 rings (SSSR count). The average Bonchev–Trinajstić information content (AvgIpc) is 2.59. The van der Waals surface area contributed by atoms with Crippen molar-refractivity contribution in [1.82, 2.24) is 9.97 Å². The first-order chi connectivity index (χ1) is 11.7. The molecule has 0 fully saturated rings. The van der Waals surface area contributed by atoms with Gasteiger partial charge >= 0.3 is 0 Å². The minimum absolute atomic E-state index is 0.244. The van der Waals surface area contributed by atoms with Gasteiger partial charge in [-0.15, -0.1) is 0 Å². The third-order valence-electron chi connectivity index (χ3n) is 4.81. The van der Waals surface area contributed by atoms with E-state index in [4.69, 9.17) is 15.1 Å². The number of rotatable bonds is 6. The molecular formula is C20H27N3O. The molecule has 0 bridgehead atoms. The number of pyridine rings is 2. The first-order valence-corrected chi connectivity index (χ1v) is 8.95. The van der Waals surface area contributed by atoms with Gasteiger partial charge in [0.25, 0.3) is 0 Å². The van der Waals surface area contributed by atoms with E-state index in [1.807, 2.05) is 18.5 Å². The molecule has 4 heteroatoms. The lowest BCUT2D eigenvalue weighted by molar-refractivity contribution is 0.284. The summed E-state index contributed by atoms with van der Waals surface area (Å²) in [5, 5.41) is 9.16. The molecule has 24 heavy (non-hydrogen) atoms. The molecule has 0 spiro atoms. The Balaban J connectivity index is 1.96. The Kier molecular flexibility index (Phi) is 5.46. The zero-order valence-corrected chi connectivity index (χ0v) is 14.7. The third-order valence-corrected chi connectivity index (χ3v) is 4.81. The van der Waals surface area contributed by atoms with Crippen LogP contribution in [0, 0.1) is 13.8 Å². The van der Waals surface area contributed by atoms with E-state index in [9.17, 15) is 0 Å². The fourth-order valence-corrected chi connectivity index (χ4v) is 3.70. The maximum absolute atomic E-state index is 9.16. The first-order valence-electron chi connectivity index (χ1n) is 8.95. The van der Waals surface area contributed by atoms with Crippen LogP contribution >= 0.6 is 0 Å². The number of aryl methyl sites for hydroxylation is 3. The predicted molar refractivity (Wildman–Crippen MR) is 97.3 cm³/mol. The molecule has 4 nitrogen and oxygen atoms in total. The van der Waals surface area contributed by atoms with Gasteiger partial charge in [0.2, 0.25) is 0 Å². The molecule has 0 radical (unpaired) electrons. The fraction of sp³-hybridized carbons (Fsp3) is 0.500. The van der Waals surface area contributed by atoms with Gasteiger partial charge in [-0.1, -0.05) is 12.1 Å². The highest BCUT2D eigenvalue weighted by Gasteiger charge is 2.28. The van der Waals surface area contributed by atoms with Crippen LogP contribution in [-0.2, 0) is 6.42 Å². The van der Waals surface area contributed by atoms with Crippen molar-refractivity contribution in [2.75, 3.05) is 18.1 Å². The molecule has 0 aromatic carbocycles. The Morgan fingerprint density at radius 1 is 1.25 bits per heavy atom. The highest BCUT2D eigenvalue weighted by molar-refractivity contribution is 5.50. The van der Waals surface area contributed by atoms with Crippen molar-refractivity contribution in [2.24, 2.45) is 0 Å². The van der Waals surface area contributed by atoms with Crippen LogP contribution in [0.25, 0.3) is 0 Å². The molecule has 2 aromatic rings. The van der Waals surface area contributed by atoms with Gasteiger partial charge < -0.3 is 10.0 Å². The van der Waals surface area contributed by atoms with Gasteiger partial charge in [0.15, 0.2) is 0 Å². The molecule has 1 unspecified atom stereocenters. The van der Waals surface area contributed by atoms with Gasteiger partial charge in [0.1, 0.15) is 5.82 Å². The van der Waals surface area contributed by atoms with Gasteiger partial charge in [0, 0.05) is 25.5 Å². The van der Waals surface area contributed by atoms with Gasteiger partial charge in [0.05, 0.1) is 11.7 Å². The second kappa shape index (κ2) is 7.75. The van der Waals surface area contributed by atoms with Crippen LogP contribution in [0.2, 0.25) is 0 Å². The van der Waals surface area contributed by atoms with Gasteiger partial charge in [-0.3, -0.25) is 4.98 Å². The monoisotopic (exact) mass is 325 g/mol. The number of aliphatic hydroxyl groups is 1. The molecule has 1 atom stereocenters. The molecule has 1 aliphatic rings. The number of anilines is 1. The van der Waals surface area contributed by atoms with Crippen LogP contribution in [0.3, 0.4) is 0 Å². The second-order valence-corrected chi connectivity index (χ2v) is 6.73. The largest absolute Gasteiger partial charge is 0.396 e. The summed E-state index contributed by atoms with van der Waals surface area (Å²) in [5.41, 5.74) is 4.97. The Morgan fingerprint density at radius 2 is 2.12 bits per heavy atom. The lowest BCUT2D eigenvalue weighted by Crippen LogP contribution is -2.34. The van der Waals surface area contributed by atoms with Crippen molar-refractivity contribution < 1.29 is 5.11 Å². The molecule has 2 aromatic heterocycles. The number of hydrogen-bond donors (Lipinski definition) is 1. The standard InChI is InChI=1S/C20H27N3O/c1-15-13-16(2)20(22-14-15)23(11-3-4-12-24)18-9-5-7-17-8-6-10-21-19(17)18/h6,8,10,13-14,18,24H,3-5,7,9,11-12H2,1-2H3. The van der Waals surface area contributed by atoms with Crippen molar-refractivity contribution in [3.63, 3.8) is 0 Å². The van der Waals surface area contributed by atoms with E-state index >= 15 is 0 Å². The van der Waals surface area contributed by atoms with Crippen LogP contribution in [0.4, 0.5) is 5.82 Å². The lowest BCUT2D eigenvalue weighted by Gasteiger charge is -2.36. The van der Waals surface area contributed by atoms with Crippen molar-refractivity contribution in [1.29, 1.82) is 0 Å². The molecule has 128 valence electrons. The van der Waals surface area contributed by atoms with Crippen molar-refractivity contribution in [3.8, 4) is 0 Å².